The van der Waals surface area contributed by atoms with E-state index in [1.165, 1.54) is 0 Å². The molecule has 2 rings (SSSR count). The average Bonchev–Trinajstić information content (AvgIpc) is 2.28. The van der Waals surface area contributed by atoms with Gasteiger partial charge in [0.25, 0.3) is 0 Å². The lowest BCUT2D eigenvalue weighted by Crippen LogP contribution is -2.16. The summed E-state index contributed by atoms with van der Waals surface area (Å²) in [7, 11) is 0. The van der Waals surface area contributed by atoms with Gasteiger partial charge in [-0.05, 0) is 30.5 Å². The van der Waals surface area contributed by atoms with Crippen LogP contribution in [0, 0.1) is 6.92 Å². The predicted molar refractivity (Wildman–Crippen MR) is 58.1 cm³/mol. The summed E-state index contributed by atoms with van der Waals surface area (Å²) in [5.74, 6) is 0.728. The Kier molecular flexibility index (Phi) is 2.99. The van der Waals surface area contributed by atoms with Crippen LogP contribution in [0.25, 0.3) is 0 Å². The van der Waals surface area contributed by atoms with Crippen LogP contribution in [0.15, 0.2) is 12.1 Å². The number of carbonyl (C=O) groups is 1. The topological polar surface area (TPSA) is 55.8 Å². The van der Waals surface area contributed by atoms with Gasteiger partial charge in [-0.15, -0.1) is 0 Å². The molecule has 0 aromatic heterocycles. The Balaban J connectivity index is 2.23. The second kappa shape index (κ2) is 4.43. The largest absolute Gasteiger partial charge is 0.486 e. The first-order valence-corrected chi connectivity index (χ1v) is 5.28. The van der Waals surface area contributed by atoms with Crippen molar-refractivity contribution in [3.63, 3.8) is 0 Å². The van der Waals surface area contributed by atoms with E-state index in [0.29, 0.717) is 19.6 Å². The van der Waals surface area contributed by atoms with Crippen LogP contribution in [0.1, 0.15) is 17.5 Å². The first-order chi connectivity index (χ1) is 7.68. The molecule has 0 saturated heterocycles. The van der Waals surface area contributed by atoms with Crippen LogP contribution < -0.4 is 9.47 Å². The molecule has 1 heterocycles. The number of rotatable bonds is 3. The highest BCUT2D eigenvalue weighted by atomic mass is 16.6. The van der Waals surface area contributed by atoms with Crippen molar-refractivity contribution in [3.8, 4) is 11.5 Å². The molecule has 0 fully saturated rings. The van der Waals surface area contributed by atoms with E-state index in [1.807, 2.05) is 19.1 Å². The van der Waals surface area contributed by atoms with Crippen LogP contribution in [-0.2, 0) is 11.2 Å². The number of ether oxygens (including phenoxy) is 2. The van der Waals surface area contributed by atoms with Crippen molar-refractivity contribution in [3.05, 3.63) is 23.3 Å². The molecule has 0 aliphatic carbocycles. The molecule has 86 valence electrons. The SMILES string of the molecule is Cc1c(CCC(=O)O)ccc2c1OCCO2. The van der Waals surface area contributed by atoms with Gasteiger partial charge in [0.05, 0.1) is 0 Å². The molecule has 0 amide bonds. The summed E-state index contributed by atoms with van der Waals surface area (Å²) in [4.78, 5) is 10.5. The lowest BCUT2D eigenvalue weighted by atomic mass is 10.0. The fraction of sp³-hybridized carbons (Fsp3) is 0.417. The van der Waals surface area contributed by atoms with Crippen molar-refractivity contribution in [2.75, 3.05) is 13.2 Å². The number of carboxylic acids is 1. The zero-order valence-electron chi connectivity index (χ0n) is 9.16. The molecule has 1 aromatic rings. The summed E-state index contributed by atoms with van der Waals surface area (Å²) in [6.45, 7) is 3.06. The summed E-state index contributed by atoms with van der Waals surface area (Å²) in [6, 6.07) is 3.75. The van der Waals surface area contributed by atoms with Gasteiger partial charge in [0.2, 0.25) is 0 Å². The summed E-state index contributed by atoms with van der Waals surface area (Å²) >= 11 is 0. The molecular formula is C12H14O4. The van der Waals surface area contributed by atoms with Gasteiger partial charge in [-0.1, -0.05) is 6.07 Å². The van der Waals surface area contributed by atoms with Gasteiger partial charge in [0.1, 0.15) is 13.2 Å². The number of fused-ring (bicyclic) bond motifs is 1. The maximum Gasteiger partial charge on any atom is 0.303 e. The molecule has 0 saturated carbocycles. The molecular weight excluding hydrogens is 208 g/mol. The first kappa shape index (κ1) is 10.8. The molecule has 0 unspecified atom stereocenters. The second-order valence-electron chi connectivity index (χ2n) is 3.77. The quantitative estimate of drug-likeness (QED) is 0.847. The highest BCUT2D eigenvalue weighted by Crippen LogP contribution is 2.35. The Labute approximate surface area is 93.8 Å². The lowest BCUT2D eigenvalue weighted by molar-refractivity contribution is -0.136. The molecule has 0 spiro atoms. The Morgan fingerprint density at radius 2 is 2.12 bits per heavy atom. The zero-order chi connectivity index (χ0) is 11.5. The number of hydrogen-bond donors (Lipinski definition) is 1. The van der Waals surface area contributed by atoms with Crippen LogP contribution in [0.3, 0.4) is 0 Å². The minimum atomic E-state index is -0.783. The van der Waals surface area contributed by atoms with Gasteiger partial charge in [0, 0.05) is 6.42 Å². The van der Waals surface area contributed by atoms with Crippen LogP contribution in [-0.4, -0.2) is 24.3 Å². The van der Waals surface area contributed by atoms with E-state index in [-0.39, 0.29) is 6.42 Å². The van der Waals surface area contributed by atoms with Crippen molar-refractivity contribution >= 4 is 5.97 Å². The first-order valence-electron chi connectivity index (χ1n) is 5.28. The number of carboxylic acid groups (broad SMARTS) is 1. The van der Waals surface area contributed by atoms with Crippen molar-refractivity contribution in [2.24, 2.45) is 0 Å². The maximum atomic E-state index is 10.5. The summed E-state index contributed by atoms with van der Waals surface area (Å²) in [6.07, 6.45) is 0.665. The monoisotopic (exact) mass is 222 g/mol. The Bertz CT molecular complexity index is 412. The fourth-order valence-electron chi connectivity index (χ4n) is 1.81. The molecule has 16 heavy (non-hydrogen) atoms. The number of hydrogen-bond acceptors (Lipinski definition) is 3. The third-order valence-electron chi connectivity index (χ3n) is 2.68. The number of aliphatic carboxylic acids is 1. The van der Waals surface area contributed by atoms with E-state index in [9.17, 15) is 4.79 Å². The van der Waals surface area contributed by atoms with Crippen LogP contribution in [0.5, 0.6) is 11.5 Å². The van der Waals surface area contributed by atoms with Crippen molar-refractivity contribution in [1.82, 2.24) is 0 Å². The Morgan fingerprint density at radius 1 is 1.38 bits per heavy atom. The highest BCUT2D eigenvalue weighted by Gasteiger charge is 2.16. The second-order valence-corrected chi connectivity index (χ2v) is 3.77. The third-order valence-corrected chi connectivity index (χ3v) is 2.68. The van der Waals surface area contributed by atoms with E-state index >= 15 is 0 Å². The summed E-state index contributed by atoms with van der Waals surface area (Å²) in [5, 5.41) is 8.65. The van der Waals surface area contributed by atoms with E-state index in [4.69, 9.17) is 14.6 Å². The lowest BCUT2D eigenvalue weighted by Gasteiger charge is -2.21. The minimum absolute atomic E-state index is 0.139. The van der Waals surface area contributed by atoms with Crippen LogP contribution in [0.2, 0.25) is 0 Å². The smallest absolute Gasteiger partial charge is 0.303 e. The molecule has 1 N–H and O–H groups in total. The third kappa shape index (κ3) is 2.10. The molecule has 1 aromatic carbocycles. The van der Waals surface area contributed by atoms with Gasteiger partial charge in [0.15, 0.2) is 11.5 Å². The van der Waals surface area contributed by atoms with Crippen molar-refractivity contribution < 1.29 is 19.4 Å². The predicted octanol–water partition coefficient (Wildman–Crippen LogP) is 1.78. The Morgan fingerprint density at radius 3 is 2.88 bits per heavy atom. The van der Waals surface area contributed by atoms with Gasteiger partial charge >= 0.3 is 5.97 Å². The minimum Gasteiger partial charge on any atom is -0.486 e. The molecule has 0 bridgehead atoms. The van der Waals surface area contributed by atoms with E-state index in [2.05, 4.69) is 0 Å². The number of benzene rings is 1. The highest BCUT2D eigenvalue weighted by molar-refractivity contribution is 5.67. The average molecular weight is 222 g/mol. The normalized spacial score (nSPS) is 13.6. The maximum absolute atomic E-state index is 10.5. The summed E-state index contributed by atoms with van der Waals surface area (Å²) < 4.78 is 11.0. The zero-order valence-corrected chi connectivity index (χ0v) is 9.16. The molecule has 1 aliphatic rings. The summed E-state index contributed by atoms with van der Waals surface area (Å²) in [5.41, 5.74) is 1.99. The van der Waals surface area contributed by atoms with Crippen molar-refractivity contribution in [2.45, 2.75) is 19.8 Å². The number of aryl methyl sites for hydroxylation is 1. The molecule has 4 heteroatoms. The standard InChI is InChI=1S/C12H14O4/c1-8-9(3-5-11(13)14)2-4-10-12(8)16-7-6-15-10/h2,4H,3,5-7H2,1H3,(H,13,14). The van der Waals surface area contributed by atoms with E-state index < -0.39 is 5.97 Å². The molecule has 0 radical (unpaired) electrons. The molecule has 0 atom stereocenters. The van der Waals surface area contributed by atoms with Gasteiger partial charge < -0.3 is 14.6 Å². The molecule has 1 aliphatic heterocycles. The van der Waals surface area contributed by atoms with Gasteiger partial charge in [-0.3, -0.25) is 4.79 Å². The van der Waals surface area contributed by atoms with Gasteiger partial charge in [-0.2, -0.15) is 0 Å². The molecule has 4 nitrogen and oxygen atoms in total. The van der Waals surface area contributed by atoms with Crippen LogP contribution in [0.4, 0.5) is 0 Å². The van der Waals surface area contributed by atoms with Crippen LogP contribution >= 0.6 is 0 Å². The fourth-order valence-corrected chi connectivity index (χ4v) is 1.81. The van der Waals surface area contributed by atoms with Gasteiger partial charge in [-0.25, -0.2) is 0 Å². The Hall–Kier alpha value is -1.71. The van der Waals surface area contributed by atoms with E-state index in [0.717, 1.165) is 22.6 Å². The van der Waals surface area contributed by atoms with E-state index in [1.54, 1.807) is 0 Å². The van der Waals surface area contributed by atoms with Crippen molar-refractivity contribution in [1.29, 1.82) is 0 Å².